The van der Waals surface area contributed by atoms with Gasteiger partial charge in [0, 0.05) is 6.42 Å². The van der Waals surface area contributed by atoms with E-state index in [1.165, 1.54) is 28.2 Å². The maximum Gasteiger partial charge on any atom is 0.264 e. The molecule has 4 aromatic rings. The van der Waals surface area contributed by atoms with Crippen molar-refractivity contribution in [1.29, 1.82) is 0 Å². The molecule has 0 spiro atoms. The summed E-state index contributed by atoms with van der Waals surface area (Å²) < 4.78 is 13.8. The zero-order valence-corrected chi connectivity index (χ0v) is 21.7. The third-order valence-electron chi connectivity index (χ3n) is 7.65. The molecule has 3 heterocycles. The first-order valence-electron chi connectivity index (χ1n) is 13.2. The summed E-state index contributed by atoms with van der Waals surface area (Å²) in [5.74, 6) is -2.18. The highest BCUT2D eigenvalue weighted by molar-refractivity contribution is 6.25. The molecule has 3 amide bonds. The summed E-state index contributed by atoms with van der Waals surface area (Å²) in [5, 5.41) is 17.6. The van der Waals surface area contributed by atoms with Gasteiger partial charge in [0.15, 0.2) is 12.1 Å². The van der Waals surface area contributed by atoms with Gasteiger partial charge in [-0.05, 0) is 46.2 Å². The molecule has 1 fully saturated rings. The number of hydrogen-bond acceptors (Lipinski definition) is 7. The molecule has 202 valence electrons. The Labute approximate surface area is 234 Å². The molecule has 0 aliphatic carbocycles. The fraction of sp³-hybridized carbons (Fsp3) is 0.161. The Hall–Kier alpha value is -5.25. The van der Waals surface area contributed by atoms with E-state index in [2.05, 4.69) is 16.4 Å². The van der Waals surface area contributed by atoms with Crippen molar-refractivity contribution >= 4 is 39.9 Å². The Bertz CT molecular complexity index is 1770. The number of hydrazone groups is 1. The minimum Gasteiger partial charge on any atom is -0.271 e. The number of carbonyl (C=O) groups excluding carboxylic acids is 3. The van der Waals surface area contributed by atoms with E-state index in [0.717, 1.165) is 38.6 Å². The van der Waals surface area contributed by atoms with Crippen LogP contribution in [0.5, 0.6) is 0 Å². The molecule has 7 rings (SSSR count). The van der Waals surface area contributed by atoms with E-state index in [0.29, 0.717) is 6.42 Å². The SMILES string of the molecule is O=C1[C@H]2N=NN(CC(=O)N3N=C(c4ccc5ccccc5c4)C[C@@H]3c3ccccc3)[C@H]2C(=O)N1c1cccc(F)c1. The van der Waals surface area contributed by atoms with Gasteiger partial charge in [-0.1, -0.05) is 78.0 Å². The van der Waals surface area contributed by atoms with E-state index in [4.69, 9.17) is 5.10 Å². The van der Waals surface area contributed by atoms with Gasteiger partial charge in [0.2, 0.25) is 0 Å². The topological polar surface area (TPSA) is 98.0 Å². The highest BCUT2D eigenvalue weighted by Gasteiger charge is 2.55. The molecular formula is C31H23FN6O3. The number of benzene rings is 4. The summed E-state index contributed by atoms with van der Waals surface area (Å²) in [5.41, 5.74) is 2.72. The number of anilines is 1. The molecule has 1 saturated heterocycles. The molecule has 4 aromatic carbocycles. The first kappa shape index (κ1) is 24.8. The third-order valence-corrected chi connectivity index (χ3v) is 7.65. The molecule has 41 heavy (non-hydrogen) atoms. The van der Waals surface area contributed by atoms with E-state index < -0.39 is 35.6 Å². The molecule has 3 aliphatic heterocycles. The Kier molecular flexibility index (Phi) is 5.88. The lowest BCUT2D eigenvalue weighted by molar-refractivity contribution is -0.135. The minimum absolute atomic E-state index is 0.115. The van der Waals surface area contributed by atoms with Crippen LogP contribution in [0.15, 0.2) is 113 Å². The van der Waals surface area contributed by atoms with Crippen molar-refractivity contribution in [2.75, 3.05) is 11.4 Å². The highest BCUT2D eigenvalue weighted by Crippen LogP contribution is 2.35. The number of nitrogens with zero attached hydrogens (tertiary/aromatic N) is 6. The summed E-state index contributed by atoms with van der Waals surface area (Å²) in [6.45, 7) is -0.307. The van der Waals surface area contributed by atoms with Crippen molar-refractivity contribution < 1.29 is 18.8 Å². The number of carbonyl (C=O) groups is 3. The fourth-order valence-corrected chi connectivity index (χ4v) is 5.65. The summed E-state index contributed by atoms with van der Waals surface area (Å²) in [6, 6.07) is 26.5. The second kappa shape index (κ2) is 9.74. The molecule has 0 radical (unpaired) electrons. The van der Waals surface area contributed by atoms with Gasteiger partial charge in [0.25, 0.3) is 17.7 Å². The van der Waals surface area contributed by atoms with E-state index in [-0.39, 0.29) is 18.3 Å². The predicted octanol–water partition coefficient (Wildman–Crippen LogP) is 4.65. The molecule has 0 bridgehead atoms. The van der Waals surface area contributed by atoms with Crippen LogP contribution in [0.4, 0.5) is 10.1 Å². The maximum absolute atomic E-state index is 13.8. The van der Waals surface area contributed by atoms with Crippen LogP contribution >= 0.6 is 0 Å². The van der Waals surface area contributed by atoms with Crippen molar-refractivity contribution in [2.24, 2.45) is 15.4 Å². The van der Waals surface area contributed by atoms with Crippen molar-refractivity contribution in [1.82, 2.24) is 10.0 Å². The van der Waals surface area contributed by atoms with Crippen molar-refractivity contribution in [3.8, 4) is 0 Å². The molecular weight excluding hydrogens is 523 g/mol. The lowest BCUT2D eigenvalue weighted by Gasteiger charge is -2.25. The Morgan fingerprint density at radius 3 is 2.44 bits per heavy atom. The first-order valence-corrected chi connectivity index (χ1v) is 13.2. The van der Waals surface area contributed by atoms with Gasteiger partial charge < -0.3 is 0 Å². The summed E-state index contributed by atoms with van der Waals surface area (Å²) >= 11 is 0. The number of halogens is 1. The summed E-state index contributed by atoms with van der Waals surface area (Å²) in [4.78, 5) is 41.0. The zero-order chi connectivity index (χ0) is 28.1. The minimum atomic E-state index is -1.10. The summed E-state index contributed by atoms with van der Waals surface area (Å²) in [6.07, 6.45) is 0.506. The van der Waals surface area contributed by atoms with Crippen LogP contribution in [0, 0.1) is 5.82 Å². The smallest absolute Gasteiger partial charge is 0.264 e. The van der Waals surface area contributed by atoms with Gasteiger partial charge in [-0.3, -0.25) is 19.4 Å². The van der Waals surface area contributed by atoms with Crippen LogP contribution in [0.2, 0.25) is 0 Å². The molecule has 0 saturated carbocycles. The number of amides is 3. The van der Waals surface area contributed by atoms with E-state index >= 15 is 0 Å². The second-order valence-electron chi connectivity index (χ2n) is 10.2. The zero-order valence-electron chi connectivity index (χ0n) is 21.7. The normalized spacial score (nSPS) is 21.6. The standard InChI is InChI=1S/C31H23FN6O3/c32-23-11-6-12-24(16-23)37-30(40)28-29(31(37)41)36(35-33-28)18-27(39)38-26(20-8-2-1-3-9-20)17-25(34-38)22-14-13-19-7-4-5-10-21(19)15-22/h1-16,26,28-29H,17-18H2/t26-,28+,29-/m1/s1. The molecule has 0 N–H and O–H groups in total. The van der Waals surface area contributed by atoms with Gasteiger partial charge in [-0.15, -0.1) is 0 Å². The molecule has 9 nitrogen and oxygen atoms in total. The Morgan fingerprint density at radius 2 is 1.63 bits per heavy atom. The van der Waals surface area contributed by atoms with E-state index in [1.807, 2.05) is 66.7 Å². The van der Waals surface area contributed by atoms with Crippen LogP contribution in [0.25, 0.3) is 10.8 Å². The van der Waals surface area contributed by atoms with Crippen LogP contribution in [-0.2, 0) is 14.4 Å². The van der Waals surface area contributed by atoms with Gasteiger partial charge in [-0.25, -0.2) is 14.3 Å². The average molecular weight is 547 g/mol. The first-order chi connectivity index (χ1) is 20.0. The fourth-order valence-electron chi connectivity index (χ4n) is 5.65. The third kappa shape index (κ3) is 4.24. The second-order valence-corrected chi connectivity index (χ2v) is 10.2. The number of rotatable bonds is 5. The Morgan fingerprint density at radius 1 is 0.854 bits per heavy atom. The molecule has 3 atom stereocenters. The van der Waals surface area contributed by atoms with Crippen LogP contribution in [0.3, 0.4) is 0 Å². The van der Waals surface area contributed by atoms with E-state index in [1.54, 1.807) is 0 Å². The van der Waals surface area contributed by atoms with Crippen LogP contribution in [0.1, 0.15) is 23.6 Å². The van der Waals surface area contributed by atoms with Gasteiger partial charge in [-0.2, -0.15) is 10.2 Å². The average Bonchev–Trinajstić information content (AvgIpc) is 3.68. The largest absolute Gasteiger partial charge is 0.271 e. The van der Waals surface area contributed by atoms with Crippen molar-refractivity contribution in [3.05, 3.63) is 114 Å². The van der Waals surface area contributed by atoms with Gasteiger partial charge in [0.1, 0.15) is 12.4 Å². The Balaban J connectivity index is 1.17. The quantitative estimate of drug-likeness (QED) is 0.341. The highest BCUT2D eigenvalue weighted by atomic mass is 19.1. The predicted molar refractivity (Wildman–Crippen MR) is 149 cm³/mol. The molecule has 3 aliphatic rings. The molecule has 10 heteroatoms. The molecule has 0 unspecified atom stereocenters. The number of imide groups is 1. The lowest BCUT2D eigenvalue weighted by atomic mass is 9.97. The summed E-state index contributed by atoms with van der Waals surface area (Å²) in [7, 11) is 0. The number of hydrogen-bond donors (Lipinski definition) is 0. The van der Waals surface area contributed by atoms with Crippen molar-refractivity contribution in [2.45, 2.75) is 24.5 Å². The maximum atomic E-state index is 13.8. The monoisotopic (exact) mass is 546 g/mol. The number of fused-ring (bicyclic) bond motifs is 2. The van der Waals surface area contributed by atoms with Crippen LogP contribution in [-0.4, -0.2) is 52.1 Å². The van der Waals surface area contributed by atoms with Gasteiger partial charge in [0.05, 0.1) is 17.4 Å². The molecule has 0 aromatic heterocycles. The van der Waals surface area contributed by atoms with E-state index in [9.17, 15) is 18.8 Å². The van der Waals surface area contributed by atoms with Crippen molar-refractivity contribution in [3.63, 3.8) is 0 Å². The lowest BCUT2D eigenvalue weighted by Crippen LogP contribution is -2.44. The van der Waals surface area contributed by atoms with Gasteiger partial charge >= 0.3 is 0 Å². The van der Waals surface area contributed by atoms with Crippen LogP contribution < -0.4 is 4.90 Å².